The van der Waals surface area contributed by atoms with Crippen LogP contribution in [-0.2, 0) is 13.1 Å². The second kappa shape index (κ2) is 8.15. The minimum absolute atomic E-state index is 0.606. The van der Waals surface area contributed by atoms with Crippen LogP contribution in [0, 0.1) is 0 Å². The summed E-state index contributed by atoms with van der Waals surface area (Å²) in [6, 6.07) is 16.6. The maximum Gasteiger partial charge on any atom is 0.118 e. The Morgan fingerprint density at radius 1 is 1.00 bits per heavy atom. The Hall–Kier alpha value is -2.07. The van der Waals surface area contributed by atoms with E-state index >= 15 is 0 Å². The topological polar surface area (TPSA) is 24.5 Å². The number of methoxy groups -OCH3 is 1. The van der Waals surface area contributed by atoms with Crippen LogP contribution in [0.4, 0.5) is 10.1 Å². The van der Waals surface area contributed by atoms with Crippen molar-refractivity contribution in [3.05, 3.63) is 59.7 Å². The van der Waals surface area contributed by atoms with E-state index in [1.165, 1.54) is 11.1 Å². The fourth-order valence-electron chi connectivity index (χ4n) is 2.99. The number of ether oxygens (including phenoxy) is 1. The minimum atomic E-state index is -0.606. The molecule has 128 valence electrons. The van der Waals surface area contributed by atoms with Gasteiger partial charge in [0.1, 0.15) is 11.9 Å². The molecule has 1 aliphatic rings. The number of benzene rings is 2. The zero-order chi connectivity index (χ0) is 16.8. The van der Waals surface area contributed by atoms with Crippen molar-refractivity contribution < 1.29 is 9.13 Å². The number of likely N-dealkylation sites (tertiary alicyclic amines) is 1. The lowest BCUT2D eigenvalue weighted by atomic mass is 10.1. The first-order valence-electron chi connectivity index (χ1n) is 8.55. The first-order chi connectivity index (χ1) is 11.7. The van der Waals surface area contributed by atoms with Crippen molar-refractivity contribution >= 4 is 5.69 Å². The summed E-state index contributed by atoms with van der Waals surface area (Å²) in [6.45, 7) is 3.41. The third-order valence-corrected chi connectivity index (χ3v) is 4.53. The van der Waals surface area contributed by atoms with Crippen LogP contribution < -0.4 is 10.1 Å². The first kappa shape index (κ1) is 16.8. The lowest BCUT2D eigenvalue weighted by molar-refractivity contribution is 0.145. The van der Waals surface area contributed by atoms with E-state index in [4.69, 9.17) is 4.74 Å². The van der Waals surface area contributed by atoms with Crippen molar-refractivity contribution in [2.75, 3.05) is 25.5 Å². The van der Waals surface area contributed by atoms with Gasteiger partial charge >= 0.3 is 0 Å². The number of hydrogen-bond donors (Lipinski definition) is 1. The zero-order valence-electron chi connectivity index (χ0n) is 14.2. The maximum atomic E-state index is 13.2. The van der Waals surface area contributed by atoms with Gasteiger partial charge in [-0.3, -0.25) is 4.90 Å². The molecule has 0 aromatic heterocycles. The van der Waals surface area contributed by atoms with Crippen molar-refractivity contribution in [3.8, 4) is 5.75 Å². The Labute approximate surface area is 143 Å². The van der Waals surface area contributed by atoms with Crippen LogP contribution in [0.15, 0.2) is 48.5 Å². The van der Waals surface area contributed by atoms with Gasteiger partial charge < -0.3 is 10.1 Å². The molecule has 0 spiro atoms. The standard InChI is InChI=1S/C20H25FN2O/c1-24-20-8-4-16(5-9-20)14-22-19-6-2-17(3-7-19)15-23-12-10-18(21)11-13-23/h2-9,18,22H,10-15H2,1H3. The molecular formula is C20H25FN2O. The van der Waals surface area contributed by atoms with Gasteiger partial charge in [0, 0.05) is 31.9 Å². The quantitative estimate of drug-likeness (QED) is 0.858. The summed E-state index contributed by atoms with van der Waals surface area (Å²) in [6.07, 6.45) is 0.731. The fourth-order valence-corrected chi connectivity index (χ4v) is 2.99. The molecule has 0 radical (unpaired) electrons. The van der Waals surface area contributed by atoms with Crippen molar-refractivity contribution in [1.29, 1.82) is 0 Å². The van der Waals surface area contributed by atoms with Gasteiger partial charge in [-0.15, -0.1) is 0 Å². The third kappa shape index (κ3) is 4.71. The van der Waals surface area contributed by atoms with E-state index in [-0.39, 0.29) is 0 Å². The lowest BCUT2D eigenvalue weighted by Gasteiger charge is -2.28. The second-order valence-electron chi connectivity index (χ2n) is 6.35. The normalized spacial score (nSPS) is 16.1. The number of alkyl halides is 1. The van der Waals surface area contributed by atoms with E-state index in [1.807, 2.05) is 12.1 Å². The number of hydrogen-bond acceptors (Lipinski definition) is 3. The SMILES string of the molecule is COc1ccc(CNc2ccc(CN3CCC(F)CC3)cc2)cc1. The molecule has 0 atom stereocenters. The number of rotatable bonds is 6. The molecule has 1 heterocycles. The molecule has 0 amide bonds. The van der Waals surface area contributed by atoms with E-state index < -0.39 is 6.17 Å². The number of anilines is 1. The Morgan fingerprint density at radius 3 is 2.25 bits per heavy atom. The molecule has 1 fully saturated rings. The monoisotopic (exact) mass is 328 g/mol. The van der Waals surface area contributed by atoms with E-state index in [0.717, 1.165) is 37.6 Å². The number of nitrogens with zero attached hydrogens (tertiary/aromatic N) is 1. The lowest BCUT2D eigenvalue weighted by Crippen LogP contribution is -2.33. The van der Waals surface area contributed by atoms with Gasteiger partial charge in [-0.1, -0.05) is 24.3 Å². The molecule has 0 bridgehead atoms. The third-order valence-electron chi connectivity index (χ3n) is 4.53. The van der Waals surface area contributed by atoms with Gasteiger partial charge in [0.05, 0.1) is 7.11 Å². The highest BCUT2D eigenvalue weighted by atomic mass is 19.1. The van der Waals surface area contributed by atoms with Crippen molar-refractivity contribution in [3.63, 3.8) is 0 Å². The van der Waals surface area contributed by atoms with E-state index in [1.54, 1.807) is 7.11 Å². The van der Waals surface area contributed by atoms with Gasteiger partial charge in [-0.05, 0) is 48.2 Å². The van der Waals surface area contributed by atoms with E-state index in [9.17, 15) is 4.39 Å². The summed E-state index contributed by atoms with van der Waals surface area (Å²) in [7, 11) is 1.68. The van der Waals surface area contributed by atoms with Gasteiger partial charge in [0.15, 0.2) is 0 Å². The maximum absolute atomic E-state index is 13.2. The van der Waals surface area contributed by atoms with Crippen LogP contribution in [0.25, 0.3) is 0 Å². The summed E-state index contributed by atoms with van der Waals surface area (Å²) in [5.74, 6) is 0.875. The number of nitrogens with one attached hydrogen (secondary N) is 1. The first-order valence-corrected chi connectivity index (χ1v) is 8.55. The van der Waals surface area contributed by atoms with E-state index in [0.29, 0.717) is 12.8 Å². The molecular weight excluding hydrogens is 303 g/mol. The Bertz CT molecular complexity index is 619. The molecule has 1 saturated heterocycles. The van der Waals surface area contributed by atoms with Crippen LogP contribution in [0.5, 0.6) is 5.75 Å². The second-order valence-corrected chi connectivity index (χ2v) is 6.35. The van der Waals surface area contributed by atoms with Gasteiger partial charge in [-0.25, -0.2) is 4.39 Å². The highest BCUT2D eigenvalue weighted by Gasteiger charge is 2.17. The molecule has 24 heavy (non-hydrogen) atoms. The van der Waals surface area contributed by atoms with Crippen LogP contribution in [-0.4, -0.2) is 31.3 Å². The van der Waals surface area contributed by atoms with Gasteiger partial charge in [0.25, 0.3) is 0 Å². The average molecular weight is 328 g/mol. The molecule has 0 saturated carbocycles. The van der Waals surface area contributed by atoms with Crippen LogP contribution >= 0.6 is 0 Å². The predicted octanol–water partition coefficient (Wildman–Crippen LogP) is 4.24. The fraction of sp³-hybridized carbons (Fsp3) is 0.400. The molecule has 0 unspecified atom stereocenters. The van der Waals surface area contributed by atoms with Crippen LogP contribution in [0.3, 0.4) is 0 Å². The highest BCUT2D eigenvalue weighted by molar-refractivity contribution is 5.45. The summed E-state index contributed by atoms with van der Waals surface area (Å²) in [5.41, 5.74) is 3.60. The Kier molecular flexibility index (Phi) is 5.70. The molecule has 0 aliphatic carbocycles. The molecule has 3 rings (SSSR count). The summed E-state index contributed by atoms with van der Waals surface area (Å²) in [4.78, 5) is 2.33. The van der Waals surface area contributed by atoms with Crippen molar-refractivity contribution in [2.45, 2.75) is 32.1 Å². The minimum Gasteiger partial charge on any atom is -0.497 e. The Balaban J connectivity index is 1.48. The summed E-state index contributed by atoms with van der Waals surface area (Å²) < 4.78 is 18.3. The summed E-state index contributed by atoms with van der Waals surface area (Å²) in [5, 5.41) is 3.43. The molecule has 4 heteroatoms. The smallest absolute Gasteiger partial charge is 0.118 e. The molecule has 1 aliphatic heterocycles. The zero-order valence-corrected chi connectivity index (χ0v) is 14.2. The summed E-state index contributed by atoms with van der Waals surface area (Å²) >= 11 is 0. The van der Waals surface area contributed by atoms with E-state index in [2.05, 4.69) is 46.6 Å². The van der Waals surface area contributed by atoms with Gasteiger partial charge in [-0.2, -0.15) is 0 Å². The van der Waals surface area contributed by atoms with Crippen molar-refractivity contribution in [2.24, 2.45) is 0 Å². The predicted molar refractivity (Wildman–Crippen MR) is 96.2 cm³/mol. The van der Waals surface area contributed by atoms with Crippen LogP contribution in [0.2, 0.25) is 0 Å². The largest absolute Gasteiger partial charge is 0.497 e. The van der Waals surface area contributed by atoms with Crippen molar-refractivity contribution in [1.82, 2.24) is 4.90 Å². The number of piperidine rings is 1. The van der Waals surface area contributed by atoms with Crippen LogP contribution in [0.1, 0.15) is 24.0 Å². The average Bonchev–Trinajstić information content (AvgIpc) is 2.63. The molecule has 2 aromatic rings. The number of halogens is 1. The molecule has 3 nitrogen and oxygen atoms in total. The highest BCUT2D eigenvalue weighted by Crippen LogP contribution is 2.18. The van der Waals surface area contributed by atoms with Gasteiger partial charge in [0.2, 0.25) is 0 Å². The Morgan fingerprint density at radius 2 is 1.62 bits per heavy atom. The molecule has 2 aromatic carbocycles. The molecule has 1 N–H and O–H groups in total.